The molecule has 0 spiro atoms. The number of carbonyl (C=O) groups is 2. The maximum absolute atomic E-state index is 12.6. The van der Waals surface area contributed by atoms with Crippen molar-refractivity contribution in [3.8, 4) is 34.2 Å². The summed E-state index contributed by atoms with van der Waals surface area (Å²) in [4.78, 5) is 61.2. The number of esters is 1. The summed E-state index contributed by atoms with van der Waals surface area (Å²) in [6, 6.07) is 45.3. The number of hydrogen-bond acceptors (Lipinski definition) is 10. The van der Waals surface area contributed by atoms with Crippen LogP contribution < -0.4 is 22.4 Å². The Hall–Kier alpha value is -7.68. The average Bonchev–Trinajstić information content (AvgIpc) is 3.89. The van der Waals surface area contributed by atoms with Crippen molar-refractivity contribution in [3.05, 3.63) is 202 Å². The van der Waals surface area contributed by atoms with Gasteiger partial charge in [0.15, 0.2) is 17.4 Å². The predicted octanol–water partition coefficient (Wildman–Crippen LogP) is 9.61. The second-order valence-corrected chi connectivity index (χ2v) is 14.8. The molecule has 5 aromatic heterocycles. The molecule has 8 aromatic rings. The van der Waals surface area contributed by atoms with E-state index in [1.54, 1.807) is 48.9 Å². The number of ketones is 1. The lowest BCUT2D eigenvalue weighted by atomic mass is 9.94. The van der Waals surface area contributed by atoms with Gasteiger partial charge in [0.2, 0.25) is 0 Å². The molecular weight excluding hydrogens is 866 g/mol. The van der Waals surface area contributed by atoms with Gasteiger partial charge in [-0.05, 0) is 66.8 Å². The molecular formula is C52H58ClN9O5. The highest BCUT2D eigenvalue weighted by atomic mass is 35.5. The Morgan fingerprint density at radius 3 is 1.36 bits per heavy atom. The van der Waals surface area contributed by atoms with Crippen LogP contribution in [0.1, 0.15) is 67.9 Å². The fraction of sp³-hybridized carbons (Fsp3) is 0.212. The van der Waals surface area contributed by atoms with Gasteiger partial charge in [0, 0.05) is 35.3 Å². The van der Waals surface area contributed by atoms with Crippen LogP contribution in [-0.4, -0.2) is 53.4 Å². The third-order valence-corrected chi connectivity index (χ3v) is 10.1. The van der Waals surface area contributed by atoms with Gasteiger partial charge in [0.05, 0.1) is 18.5 Å². The number of halogens is 1. The lowest BCUT2D eigenvalue weighted by Crippen LogP contribution is -2.25. The number of Topliss-reactive ketones (excluding diaryl/α,β-unsaturated/α-hetero) is 1. The van der Waals surface area contributed by atoms with E-state index < -0.39 is 11.9 Å². The Balaban J connectivity index is 0.000000203. The second kappa shape index (κ2) is 27.6. The highest BCUT2D eigenvalue weighted by molar-refractivity contribution is 6.08. The molecule has 5 heterocycles. The van der Waals surface area contributed by atoms with E-state index in [1.807, 2.05) is 122 Å². The van der Waals surface area contributed by atoms with Gasteiger partial charge in [0.25, 0.3) is 11.1 Å². The molecule has 0 fully saturated rings. The number of benzene rings is 3. The topological polar surface area (TPSA) is 196 Å². The zero-order valence-electron chi connectivity index (χ0n) is 38.2. The van der Waals surface area contributed by atoms with Crippen LogP contribution in [-0.2, 0) is 22.4 Å². The van der Waals surface area contributed by atoms with Gasteiger partial charge in [-0.2, -0.15) is 0 Å². The average molecular weight is 925 g/mol. The summed E-state index contributed by atoms with van der Waals surface area (Å²) in [6.07, 6.45) is 9.70. The smallest absolute Gasteiger partial charge is 0.316 e. The van der Waals surface area contributed by atoms with E-state index >= 15 is 0 Å². The van der Waals surface area contributed by atoms with Crippen LogP contribution in [0, 0.1) is 5.92 Å². The van der Waals surface area contributed by atoms with E-state index in [-0.39, 0.29) is 29.3 Å². The summed E-state index contributed by atoms with van der Waals surface area (Å²) in [5.74, 6) is 5.68. The second-order valence-electron chi connectivity index (χ2n) is 14.8. The Bertz CT molecular complexity index is 2650. The first kappa shape index (κ1) is 51.9. The number of H-pyrrole nitrogens is 2. The molecule has 0 radical (unpaired) electrons. The number of nitrogens with two attached hydrogens (primary N) is 1. The van der Waals surface area contributed by atoms with Crippen LogP contribution in [0.2, 0.25) is 0 Å². The zero-order valence-corrected chi connectivity index (χ0v) is 39.0. The molecule has 0 aliphatic carbocycles. The van der Waals surface area contributed by atoms with Crippen LogP contribution in [0.25, 0.3) is 34.2 Å². The minimum Gasteiger partial charge on any atom is -0.468 e. The lowest BCUT2D eigenvalue weighted by molar-refractivity contribution is -0.143. The molecule has 0 aliphatic heterocycles. The van der Waals surface area contributed by atoms with Crippen molar-refractivity contribution in [1.29, 1.82) is 0 Å². The molecule has 1 atom stereocenters. The number of carbonyl (C=O) groups excluding carboxylic acids is 2. The minimum absolute atomic E-state index is 0. The molecule has 0 saturated heterocycles. The van der Waals surface area contributed by atoms with Crippen molar-refractivity contribution in [1.82, 2.24) is 34.5 Å². The third-order valence-electron chi connectivity index (χ3n) is 10.1. The first-order valence-electron chi connectivity index (χ1n) is 21.9. The lowest BCUT2D eigenvalue weighted by Gasteiger charge is -2.12. The van der Waals surface area contributed by atoms with Gasteiger partial charge in [-0.3, -0.25) is 29.4 Å². The van der Waals surface area contributed by atoms with E-state index in [0.29, 0.717) is 29.4 Å². The number of nitrogens with one attached hydrogen (secondary N) is 3. The molecule has 348 valence electrons. The van der Waals surface area contributed by atoms with Crippen LogP contribution in [0.3, 0.4) is 0 Å². The SMILES string of the molecule is CCCC(C(=O)OC)C(=O)c1ccccc1.CCCc1c(-c2ccccc2)[nH]n(-c2ccccn2)c1=O.CCCc1c(-c2ccccc2)[nH]n(-c2ccccn2)c1=O.Cl.NNc1ccccn1. The number of nitrogen functional groups attached to an aromatic ring is 1. The molecule has 5 N–H and O–H groups in total. The highest BCUT2D eigenvalue weighted by Gasteiger charge is 2.27. The highest BCUT2D eigenvalue weighted by Crippen LogP contribution is 2.23. The van der Waals surface area contributed by atoms with E-state index in [0.717, 1.165) is 65.7 Å². The number of nitrogens with zero attached hydrogens (tertiary/aromatic N) is 5. The number of rotatable bonds is 14. The molecule has 1 unspecified atom stereocenters. The molecule has 67 heavy (non-hydrogen) atoms. The van der Waals surface area contributed by atoms with Crippen molar-refractivity contribution >= 4 is 30.0 Å². The normalized spacial score (nSPS) is 10.6. The van der Waals surface area contributed by atoms with Crippen molar-refractivity contribution in [2.24, 2.45) is 11.8 Å². The summed E-state index contributed by atoms with van der Waals surface area (Å²) >= 11 is 0. The number of ether oxygens (including phenoxy) is 1. The van der Waals surface area contributed by atoms with E-state index in [9.17, 15) is 19.2 Å². The minimum atomic E-state index is -0.669. The van der Waals surface area contributed by atoms with Crippen LogP contribution in [0.15, 0.2) is 174 Å². The van der Waals surface area contributed by atoms with Crippen molar-refractivity contribution in [2.75, 3.05) is 12.5 Å². The van der Waals surface area contributed by atoms with E-state index in [2.05, 4.69) is 49.2 Å². The number of pyridine rings is 3. The van der Waals surface area contributed by atoms with Gasteiger partial charge >= 0.3 is 5.97 Å². The van der Waals surface area contributed by atoms with E-state index in [1.165, 1.54) is 16.5 Å². The fourth-order valence-corrected chi connectivity index (χ4v) is 6.93. The Kier molecular flexibility index (Phi) is 21.4. The summed E-state index contributed by atoms with van der Waals surface area (Å²) in [5, 5.41) is 6.42. The standard InChI is InChI=1S/2C17H17N3O.C13H16O3.C5H7N3.ClH/c2*1-2-8-14-16(13-9-4-3-5-10-13)19-20(17(14)21)15-11-6-7-12-18-15;1-3-7-11(13(15)16-2)12(14)10-8-5-4-6-9-10;6-8-5-3-1-2-4-7-5;/h2*3-7,9-12,19H,2,8H2,1H3;4-6,8-9,11H,3,7H2,1-2H3;1-4H,6H2,(H,7,8);1H. The molecule has 0 bridgehead atoms. The molecule has 8 rings (SSSR count). The number of hydrazine groups is 1. The van der Waals surface area contributed by atoms with Crippen LogP contribution in [0.5, 0.6) is 0 Å². The fourth-order valence-electron chi connectivity index (χ4n) is 6.93. The zero-order chi connectivity index (χ0) is 47.1. The van der Waals surface area contributed by atoms with E-state index in [4.69, 9.17) is 5.84 Å². The summed E-state index contributed by atoms with van der Waals surface area (Å²) < 4.78 is 7.69. The third kappa shape index (κ3) is 14.4. The predicted molar refractivity (Wildman–Crippen MR) is 268 cm³/mol. The number of aromatic nitrogens is 7. The molecule has 0 aliphatic rings. The molecule has 15 heteroatoms. The van der Waals surface area contributed by atoms with Gasteiger partial charge < -0.3 is 10.2 Å². The molecule has 0 saturated carbocycles. The quantitative estimate of drug-likeness (QED) is 0.0268. The first-order chi connectivity index (χ1) is 32.3. The number of aromatic amines is 2. The summed E-state index contributed by atoms with van der Waals surface area (Å²) in [6.45, 7) is 6.09. The maximum atomic E-state index is 12.6. The molecule has 14 nitrogen and oxygen atoms in total. The molecule has 3 aromatic carbocycles. The number of hydrogen-bond donors (Lipinski definition) is 4. The van der Waals surface area contributed by atoms with Crippen molar-refractivity contribution in [3.63, 3.8) is 0 Å². The largest absolute Gasteiger partial charge is 0.468 e. The monoisotopic (exact) mass is 923 g/mol. The summed E-state index contributed by atoms with van der Waals surface area (Å²) in [7, 11) is 1.31. The van der Waals surface area contributed by atoms with Gasteiger partial charge in [-0.25, -0.2) is 30.2 Å². The summed E-state index contributed by atoms with van der Waals surface area (Å²) in [5.41, 5.74) is 8.37. The Morgan fingerprint density at radius 1 is 0.597 bits per heavy atom. The Labute approximate surface area is 396 Å². The van der Waals surface area contributed by atoms with Gasteiger partial charge in [-0.1, -0.05) is 149 Å². The van der Waals surface area contributed by atoms with Gasteiger partial charge in [0.1, 0.15) is 11.7 Å². The number of methoxy groups -OCH3 is 1. The van der Waals surface area contributed by atoms with Crippen LogP contribution in [0.4, 0.5) is 5.82 Å². The Morgan fingerprint density at radius 2 is 1.01 bits per heavy atom. The van der Waals surface area contributed by atoms with Gasteiger partial charge in [-0.15, -0.1) is 12.4 Å². The molecule has 0 amide bonds. The first-order valence-corrected chi connectivity index (χ1v) is 21.9. The van der Waals surface area contributed by atoms with Crippen LogP contribution >= 0.6 is 12.4 Å². The number of anilines is 1. The maximum Gasteiger partial charge on any atom is 0.316 e. The van der Waals surface area contributed by atoms with Crippen molar-refractivity contribution < 1.29 is 14.3 Å². The van der Waals surface area contributed by atoms with Crippen molar-refractivity contribution in [2.45, 2.75) is 59.3 Å².